The maximum atomic E-state index is 13.2. The van der Waals surface area contributed by atoms with Gasteiger partial charge in [-0.05, 0) is 95.5 Å². The molecule has 6 aliphatic rings. The van der Waals surface area contributed by atoms with E-state index in [0.717, 1.165) is 43.3 Å². The van der Waals surface area contributed by atoms with Gasteiger partial charge in [0.1, 0.15) is 24.5 Å². The SMILES string of the molecule is C=CC(C)=O.O=C=C(C1CCC(OCC(F)(F)P)NC1)N1CCC2C3C(CCCC[C@@H]31)NN2C1CCC(C2CC2)CC1. The molecular weight excluding hydrogens is 557 g/mol. The van der Waals surface area contributed by atoms with E-state index < -0.39 is 12.3 Å². The summed E-state index contributed by atoms with van der Waals surface area (Å²) in [5, 5.41) is 5.96. The van der Waals surface area contributed by atoms with Crippen molar-refractivity contribution in [2.24, 2.45) is 23.7 Å². The van der Waals surface area contributed by atoms with Crippen molar-refractivity contribution in [1.82, 2.24) is 20.7 Å². The van der Waals surface area contributed by atoms with E-state index in [1.54, 1.807) is 0 Å². The quantitative estimate of drug-likeness (QED) is 0.227. The van der Waals surface area contributed by atoms with Crippen molar-refractivity contribution < 1.29 is 23.1 Å². The van der Waals surface area contributed by atoms with Crippen LogP contribution in [0.4, 0.5) is 8.78 Å². The highest BCUT2D eigenvalue weighted by atomic mass is 31.0. The van der Waals surface area contributed by atoms with Crippen LogP contribution in [0.3, 0.4) is 0 Å². The van der Waals surface area contributed by atoms with Gasteiger partial charge in [0.25, 0.3) is 5.66 Å². The Morgan fingerprint density at radius 1 is 1.02 bits per heavy atom. The number of rotatable bonds is 8. The number of ketones is 1. The number of halogens is 2. The molecule has 3 saturated carbocycles. The molecule has 0 aromatic heterocycles. The van der Waals surface area contributed by atoms with Crippen LogP contribution in [-0.2, 0) is 14.3 Å². The average Bonchev–Trinajstić information content (AvgIpc) is 3.80. The van der Waals surface area contributed by atoms with Crippen LogP contribution in [0.15, 0.2) is 18.4 Å². The lowest BCUT2D eigenvalue weighted by Gasteiger charge is -2.48. The fourth-order valence-electron chi connectivity index (χ4n) is 8.54. The zero-order valence-electron chi connectivity index (χ0n) is 25.2. The summed E-state index contributed by atoms with van der Waals surface area (Å²) in [7, 11) is 1.53. The molecule has 42 heavy (non-hydrogen) atoms. The molecule has 3 heterocycles. The molecule has 6 unspecified atom stereocenters. The maximum Gasteiger partial charge on any atom is 0.281 e. The monoisotopic (exact) mass is 608 g/mol. The van der Waals surface area contributed by atoms with Crippen LogP contribution in [0.25, 0.3) is 0 Å². The van der Waals surface area contributed by atoms with Gasteiger partial charge in [-0.25, -0.2) is 9.80 Å². The number of hydrogen-bond acceptors (Lipinski definition) is 7. The summed E-state index contributed by atoms with van der Waals surface area (Å²) in [5.74, 6) is 5.01. The van der Waals surface area contributed by atoms with Gasteiger partial charge in [0, 0.05) is 49.1 Å². The lowest BCUT2D eigenvalue weighted by molar-refractivity contribution is -0.112. The molecule has 0 amide bonds. The Kier molecular flexibility index (Phi) is 10.9. The topological polar surface area (TPSA) is 73.9 Å². The number of carbonyl (C=O) groups excluding carboxylic acids is 2. The molecule has 2 N–H and O–H groups in total. The molecule has 0 bridgehead atoms. The van der Waals surface area contributed by atoms with Crippen molar-refractivity contribution >= 4 is 21.0 Å². The summed E-state index contributed by atoms with van der Waals surface area (Å²) in [4.78, 5) is 24.5. The lowest BCUT2D eigenvalue weighted by Crippen LogP contribution is -2.56. The molecule has 236 valence electrons. The van der Waals surface area contributed by atoms with Crippen molar-refractivity contribution in [3.63, 3.8) is 0 Å². The molecule has 10 heteroatoms. The minimum Gasteiger partial charge on any atom is -0.362 e. The van der Waals surface area contributed by atoms with Gasteiger partial charge in [-0.1, -0.05) is 28.7 Å². The summed E-state index contributed by atoms with van der Waals surface area (Å²) in [6.45, 7) is 5.55. The Morgan fingerprint density at radius 2 is 1.69 bits per heavy atom. The van der Waals surface area contributed by atoms with Gasteiger partial charge >= 0.3 is 0 Å². The van der Waals surface area contributed by atoms with Crippen LogP contribution in [-0.4, -0.2) is 77.4 Å². The standard InChI is InChI=1S/C28H45F2N4O2P.C4H6O/c29-28(30,37)17-36-26-12-9-20(15-31-26)25(16-35)33-14-13-24-27-22(3-1-2-4-23(27)33)32-34(24)21-10-7-19(8-11-21)18-5-6-18;1-3-4(2)5/h18-24,26-27,31-32H,1-15,17,37H2;3H,1H2,2H3/t19?,20?,21?,22?,23-,24?,26?,27?;/m0./s1. The van der Waals surface area contributed by atoms with Crippen molar-refractivity contribution in [3.8, 4) is 0 Å². The summed E-state index contributed by atoms with van der Waals surface area (Å²) in [5.41, 5.74) is 1.92. The predicted molar refractivity (Wildman–Crippen MR) is 163 cm³/mol. The molecule has 3 aliphatic carbocycles. The summed E-state index contributed by atoms with van der Waals surface area (Å²) in [6.07, 6.45) is 16.6. The molecule has 6 rings (SSSR count). The number of nitrogens with one attached hydrogen (secondary N) is 2. The molecular formula is C32H51F2N4O3P. The van der Waals surface area contributed by atoms with E-state index in [0.29, 0.717) is 43.1 Å². The van der Waals surface area contributed by atoms with E-state index in [1.807, 2.05) is 0 Å². The second-order valence-corrected chi connectivity index (χ2v) is 14.4. The van der Waals surface area contributed by atoms with Crippen LogP contribution in [0.5, 0.6) is 0 Å². The second kappa shape index (κ2) is 14.3. The third-order valence-electron chi connectivity index (χ3n) is 10.7. The number of hydrogen-bond donors (Lipinski definition) is 2. The minimum absolute atomic E-state index is 0.0185. The number of ether oxygens (including phenoxy) is 1. The Labute approximate surface area is 252 Å². The van der Waals surface area contributed by atoms with Gasteiger partial charge in [0.15, 0.2) is 5.78 Å². The van der Waals surface area contributed by atoms with E-state index in [9.17, 15) is 18.4 Å². The van der Waals surface area contributed by atoms with Crippen molar-refractivity contribution in [2.45, 2.75) is 126 Å². The zero-order chi connectivity index (χ0) is 29.9. The lowest BCUT2D eigenvalue weighted by atomic mass is 9.77. The van der Waals surface area contributed by atoms with Crippen LogP contribution in [0, 0.1) is 23.7 Å². The van der Waals surface area contributed by atoms with E-state index in [1.165, 1.54) is 80.0 Å². The Hall–Kier alpha value is -1.21. The minimum atomic E-state index is -2.91. The van der Waals surface area contributed by atoms with Crippen molar-refractivity contribution in [1.29, 1.82) is 0 Å². The first-order valence-electron chi connectivity index (χ1n) is 16.4. The molecule has 0 aromatic rings. The van der Waals surface area contributed by atoms with E-state index in [4.69, 9.17) is 4.74 Å². The number of likely N-dealkylation sites (tertiary alicyclic amines) is 1. The molecule has 7 atom stereocenters. The van der Waals surface area contributed by atoms with Gasteiger partial charge < -0.3 is 9.64 Å². The molecule has 0 aromatic carbocycles. The average molecular weight is 609 g/mol. The molecule has 0 radical (unpaired) electrons. The van der Waals surface area contributed by atoms with Crippen LogP contribution in [0.1, 0.15) is 90.4 Å². The first kappa shape index (κ1) is 32.2. The second-order valence-electron chi connectivity index (χ2n) is 13.6. The highest BCUT2D eigenvalue weighted by Crippen LogP contribution is 2.48. The fraction of sp³-hybridized carbons (Fsp3) is 0.844. The molecule has 6 fully saturated rings. The van der Waals surface area contributed by atoms with Crippen LogP contribution in [0.2, 0.25) is 0 Å². The van der Waals surface area contributed by atoms with E-state index in [2.05, 4.69) is 33.2 Å². The zero-order valence-corrected chi connectivity index (χ0v) is 26.4. The highest BCUT2D eigenvalue weighted by Gasteiger charge is 2.53. The van der Waals surface area contributed by atoms with Crippen molar-refractivity contribution in [2.75, 3.05) is 19.7 Å². The van der Waals surface area contributed by atoms with Gasteiger partial charge in [0.2, 0.25) is 0 Å². The van der Waals surface area contributed by atoms with E-state index >= 15 is 0 Å². The van der Waals surface area contributed by atoms with Gasteiger partial charge in [0.05, 0.1) is 0 Å². The fourth-order valence-corrected chi connectivity index (χ4v) is 8.64. The van der Waals surface area contributed by atoms with Gasteiger partial charge in [-0.15, -0.1) is 0 Å². The third kappa shape index (κ3) is 7.89. The smallest absolute Gasteiger partial charge is 0.281 e. The Morgan fingerprint density at radius 3 is 2.26 bits per heavy atom. The highest BCUT2D eigenvalue weighted by molar-refractivity contribution is 7.18. The predicted octanol–water partition coefficient (Wildman–Crippen LogP) is 5.06. The number of piperidine rings is 2. The summed E-state index contributed by atoms with van der Waals surface area (Å²) >= 11 is 0. The van der Waals surface area contributed by atoms with Gasteiger partial charge in [-0.2, -0.15) is 8.78 Å². The number of allylic oxidation sites excluding steroid dienone is 1. The van der Waals surface area contributed by atoms with Crippen LogP contribution >= 0.6 is 9.24 Å². The number of alkyl halides is 2. The maximum absolute atomic E-state index is 13.2. The molecule has 3 saturated heterocycles. The molecule has 0 spiro atoms. The van der Waals surface area contributed by atoms with Gasteiger partial charge in [-0.3, -0.25) is 15.5 Å². The molecule has 3 aliphatic heterocycles. The third-order valence-corrected chi connectivity index (χ3v) is 10.9. The first-order chi connectivity index (χ1) is 20.2. The Balaban J connectivity index is 0.000000652. The van der Waals surface area contributed by atoms with E-state index in [-0.39, 0.29) is 17.9 Å². The van der Waals surface area contributed by atoms with Crippen molar-refractivity contribution in [3.05, 3.63) is 18.4 Å². The normalized spacial score (nSPS) is 37.0. The summed E-state index contributed by atoms with van der Waals surface area (Å²) in [6, 6.07) is 2.11. The van der Waals surface area contributed by atoms with Crippen LogP contribution < -0.4 is 10.7 Å². The number of nitrogens with zero attached hydrogens (tertiary/aromatic N) is 2. The first-order valence-corrected chi connectivity index (χ1v) is 17.0. The number of carbonyl (C=O) groups is 1. The molecule has 7 nitrogen and oxygen atoms in total. The number of hydrazine groups is 1. The largest absolute Gasteiger partial charge is 0.362 e. The summed E-state index contributed by atoms with van der Waals surface area (Å²) < 4.78 is 31.7. The Bertz CT molecular complexity index is 985.